The van der Waals surface area contributed by atoms with Gasteiger partial charge >= 0.3 is 5.97 Å². The summed E-state index contributed by atoms with van der Waals surface area (Å²) in [6.45, 7) is 1.78. The molecule has 5 heteroatoms. The van der Waals surface area contributed by atoms with Crippen LogP contribution in [0.2, 0.25) is 0 Å². The maximum atomic E-state index is 11.9. The van der Waals surface area contributed by atoms with Crippen LogP contribution in [0, 0.1) is 12.8 Å². The molecule has 1 aromatic rings. The van der Waals surface area contributed by atoms with Gasteiger partial charge < -0.3 is 14.8 Å². The van der Waals surface area contributed by atoms with E-state index in [-0.39, 0.29) is 17.9 Å². The third-order valence-corrected chi connectivity index (χ3v) is 3.35. The topological polar surface area (TPSA) is 79.5 Å². The number of amides is 1. The van der Waals surface area contributed by atoms with Gasteiger partial charge in [-0.15, -0.1) is 0 Å². The van der Waals surface area contributed by atoms with Gasteiger partial charge in [0.2, 0.25) is 0 Å². The first-order chi connectivity index (χ1) is 8.56. The number of hydrogen-bond acceptors (Lipinski definition) is 3. The Bertz CT molecular complexity index is 452. The van der Waals surface area contributed by atoms with Crippen LogP contribution in [0.15, 0.2) is 16.7 Å². The number of aliphatic carboxylic acids is 1. The van der Waals surface area contributed by atoms with Gasteiger partial charge in [0.25, 0.3) is 5.91 Å². The smallest absolute Gasteiger partial charge is 0.306 e. The van der Waals surface area contributed by atoms with Crippen LogP contribution in [0.4, 0.5) is 0 Å². The van der Waals surface area contributed by atoms with Crippen LogP contribution in [0.5, 0.6) is 0 Å². The molecule has 2 N–H and O–H groups in total. The molecule has 98 valence electrons. The highest BCUT2D eigenvalue weighted by molar-refractivity contribution is 5.94. The van der Waals surface area contributed by atoms with Crippen molar-refractivity contribution in [3.63, 3.8) is 0 Å². The van der Waals surface area contributed by atoms with Gasteiger partial charge in [0, 0.05) is 6.04 Å². The summed E-state index contributed by atoms with van der Waals surface area (Å²) in [5.41, 5.74) is 0.491. The standard InChI is InChI=1S/C13H17NO4/c1-8-5-10(7-18-8)12(15)14-11-4-2-3-9(6-11)13(16)17/h5,7,9,11H,2-4,6H2,1H3,(H,14,15)(H,16,17). The van der Waals surface area contributed by atoms with Crippen LogP contribution < -0.4 is 5.32 Å². The predicted octanol–water partition coefficient (Wildman–Crippen LogP) is 1.96. The van der Waals surface area contributed by atoms with Gasteiger partial charge in [0.15, 0.2) is 0 Å². The molecule has 0 aromatic carbocycles. The van der Waals surface area contributed by atoms with E-state index in [2.05, 4.69) is 5.32 Å². The second kappa shape index (κ2) is 5.25. The van der Waals surface area contributed by atoms with Crippen LogP contribution in [-0.4, -0.2) is 23.0 Å². The highest BCUT2D eigenvalue weighted by atomic mass is 16.4. The molecular formula is C13H17NO4. The van der Waals surface area contributed by atoms with Crippen LogP contribution in [0.3, 0.4) is 0 Å². The molecule has 0 saturated heterocycles. The zero-order valence-corrected chi connectivity index (χ0v) is 10.3. The van der Waals surface area contributed by atoms with Gasteiger partial charge in [-0.3, -0.25) is 9.59 Å². The average Bonchev–Trinajstić information content (AvgIpc) is 2.76. The minimum atomic E-state index is -0.770. The van der Waals surface area contributed by atoms with Crippen molar-refractivity contribution in [3.8, 4) is 0 Å². The molecule has 2 unspecified atom stereocenters. The molecule has 2 atom stereocenters. The van der Waals surface area contributed by atoms with Crippen LogP contribution in [0.25, 0.3) is 0 Å². The van der Waals surface area contributed by atoms with Crippen molar-refractivity contribution < 1.29 is 19.1 Å². The maximum Gasteiger partial charge on any atom is 0.306 e. The quantitative estimate of drug-likeness (QED) is 0.860. The molecule has 1 aromatic heterocycles. The third kappa shape index (κ3) is 2.91. The fourth-order valence-corrected chi connectivity index (χ4v) is 2.38. The molecule has 18 heavy (non-hydrogen) atoms. The van der Waals surface area contributed by atoms with Crippen molar-refractivity contribution in [1.82, 2.24) is 5.32 Å². The summed E-state index contributed by atoms with van der Waals surface area (Å²) in [5, 5.41) is 11.9. The van der Waals surface area contributed by atoms with E-state index >= 15 is 0 Å². The van der Waals surface area contributed by atoms with E-state index in [1.54, 1.807) is 13.0 Å². The maximum absolute atomic E-state index is 11.9. The Morgan fingerprint density at radius 1 is 1.44 bits per heavy atom. The van der Waals surface area contributed by atoms with E-state index in [4.69, 9.17) is 9.52 Å². The fourth-order valence-electron chi connectivity index (χ4n) is 2.38. The number of aryl methyl sites for hydroxylation is 1. The van der Waals surface area contributed by atoms with Crippen molar-refractivity contribution >= 4 is 11.9 Å². The van der Waals surface area contributed by atoms with Crippen molar-refractivity contribution in [2.75, 3.05) is 0 Å². The molecule has 2 rings (SSSR count). The summed E-state index contributed by atoms with van der Waals surface area (Å²) in [7, 11) is 0. The molecule has 1 heterocycles. The third-order valence-electron chi connectivity index (χ3n) is 3.35. The average molecular weight is 251 g/mol. The van der Waals surface area contributed by atoms with Gasteiger partial charge in [-0.1, -0.05) is 6.42 Å². The second-order valence-electron chi connectivity index (χ2n) is 4.82. The Hall–Kier alpha value is -1.78. The normalized spacial score (nSPS) is 23.6. The van der Waals surface area contributed by atoms with Crippen LogP contribution in [-0.2, 0) is 4.79 Å². The van der Waals surface area contributed by atoms with Gasteiger partial charge in [-0.2, -0.15) is 0 Å². The van der Waals surface area contributed by atoms with Crippen molar-refractivity contribution in [2.24, 2.45) is 5.92 Å². The number of carbonyl (C=O) groups excluding carboxylic acids is 1. The Labute approximate surface area is 105 Å². The second-order valence-corrected chi connectivity index (χ2v) is 4.82. The van der Waals surface area contributed by atoms with E-state index in [9.17, 15) is 9.59 Å². The Morgan fingerprint density at radius 3 is 2.83 bits per heavy atom. The monoisotopic (exact) mass is 251 g/mol. The Morgan fingerprint density at radius 2 is 2.22 bits per heavy atom. The Kier molecular flexibility index (Phi) is 3.69. The molecule has 0 aliphatic heterocycles. The van der Waals surface area contributed by atoms with E-state index < -0.39 is 5.97 Å². The SMILES string of the molecule is Cc1cc(C(=O)NC2CCCC(C(=O)O)C2)co1. The molecule has 1 amide bonds. The molecule has 0 spiro atoms. The van der Waals surface area contributed by atoms with E-state index in [1.807, 2.05) is 0 Å². The lowest BCUT2D eigenvalue weighted by Gasteiger charge is -2.27. The molecule has 1 fully saturated rings. The summed E-state index contributed by atoms with van der Waals surface area (Å²) in [6, 6.07) is 1.62. The first-order valence-corrected chi connectivity index (χ1v) is 6.15. The molecule has 1 aliphatic carbocycles. The zero-order chi connectivity index (χ0) is 13.1. The first-order valence-electron chi connectivity index (χ1n) is 6.15. The predicted molar refractivity (Wildman–Crippen MR) is 64.3 cm³/mol. The van der Waals surface area contributed by atoms with Crippen molar-refractivity contribution in [1.29, 1.82) is 0 Å². The molecule has 0 radical (unpaired) electrons. The Balaban J connectivity index is 1.93. The number of carboxylic acid groups (broad SMARTS) is 1. The summed E-state index contributed by atoms with van der Waals surface area (Å²) in [5.74, 6) is -0.613. The van der Waals surface area contributed by atoms with Crippen LogP contribution >= 0.6 is 0 Å². The minimum absolute atomic E-state index is 0.0532. The lowest BCUT2D eigenvalue weighted by Crippen LogP contribution is -2.39. The fraction of sp³-hybridized carbons (Fsp3) is 0.538. The van der Waals surface area contributed by atoms with E-state index in [1.165, 1.54) is 6.26 Å². The van der Waals surface area contributed by atoms with Crippen molar-refractivity contribution in [2.45, 2.75) is 38.6 Å². The van der Waals surface area contributed by atoms with E-state index in [0.29, 0.717) is 24.2 Å². The van der Waals surface area contributed by atoms with E-state index in [0.717, 1.165) is 12.8 Å². The highest BCUT2D eigenvalue weighted by Gasteiger charge is 2.28. The van der Waals surface area contributed by atoms with Gasteiger partial charge in [0.05, 0.1) is 11.5 Å². The number of carbonyl (C=O) groups is 2. The van der Waals surface area contributed by atoms with Gasteiger partial charge in [0.1, 0.15) is 12.0 Å². The largest absolute Gasteiger partial charge is 0.481 e. The molecule has 1 saturated carbocycles. The first kappa shape index (κ1) is 12.7. The summed E-state index contributed by atoms with van der Waals surface area (Å²) >= 11 is 0. The van der Waals surface area contributed by atoms with Crippen LogP contribution in [0.1, 0.15) is 41.8 Å². The van der Waals surface area contributed by atoms with Gasteiger partial charge in [-0.05, 0) is 32.3 Å². The lowest BCUT2D eigenvalue weighted by molar-refractivity contribution is -0.143. The number of furan rings is 1. The van der Waals surface area contributed by atoms with Crippen molar-refractivity contribution in [3.05, 3.63) is 23.7 Å². The number of hydrogen-bond donors (Lipinski definition) is 2. The summed E-state index contributed by atoms with van der Waals surface area (Å²) in [6.07, 6.45) is 4.31. The highest BCUT2D eigenvalue weighted by Crippen LogP contribution is 2.24. The summed E-state index contributed by atoms with van der Waals surface area (Å²) in [4.78, 5) is 22.8. The molecular weight excluding hydrogens is 234 g/mol. The minimum Gasteiger partial charge on any atom is -0.481 e. The molecule has 5 nitrogen and oxygen atoms in total. The zero-order valence-electron chi connectivity index (χ0n) is 10.3. The van der Waals surface area contributed by atoms with Gasteiger partial charge in [-0.25, -0.2) is 0 Å². The number of carboxylic acids is 1. The molecule has 1 aliphatic rings. The number of nitrogens with one attached hydrogen (secondary N) is 1. The summed E-state index contributed by atoms with van der Waals surface area (Å²) < 4.78 is 5.08. The lowest BCUT2D eigenvalue weighted by atomic mass is 9.85. The number of rotatable bonds is 3. The molecule has 0 bridgehead atoms.